The molecule has 0 aromatic heterocycles. The van der Waals surface area contributed by atoms with E-state index >= 15 is 0 Å². The van der Waals surface area contributed by atoms with Crippen molar-refractivity contribution in [2.24, 2.45) is 0 Å². The minimum Gasteiger partial charge on any atom is -0.384 e. The van der Waals surface area contributed by atoms with Gasteiger partial charge in [-0.2, -0.15) is 0 Å². The molecule has 0 amide bonds. The second-order valence-electron chi connectivity index (χ2n) is 5.29. The molecule has 1 N–H and O–H groups in total. The summed E-state index contributed by atoms with van der Waals surface area (Å²) in [5.41, 5.74) is 0.933. The van der Waals surface area contributed by atoms with Crippen LogP contribution in [0.1, 0.15) is 31.9 Å². The molecule has 0 radical (unpaired) electrons. The lowest BCUT2D eigenvalue weighted by Crippen LogP contribution is -2.21. The monoisotopic (exact) mass is 280 g/mol. The van der Waals surface area contributed by atoms with E-state index in [1.165, 1.54) is 6.07 Å². The van der Waals surface area contributed by atoms with Gasteiger partial charge in [-0.05, 0) is 38.5 Å². The van der Waals surface area contributed by atoms with Crippen molar-refractivity contribution < 1.29 is 19.0 Å². The maximum absolute atomic E-state index is 13.4. The van der Waals surface area contributed by atoms with Crippen LogP contribution in [0, 0.1) is 17.7 Å². The number of benzene rings is 1. The summed E-state index contributed by atoms with van der Waals surface area (Å²) in [6, 6.07) is 4.64. The lowest BCUT2D eigenvalue weighted by molar-refractivity contribution is -0.0376. The maximum Gasteiger partial charge on any atom is 0.138 e. The summed E-state index contributed by atoms with van der Waals surface area (Å²) in [6.45, 7) is 7.04. The Kier molecular flexibility index (Phi) is 6.66. The van der Waals surface area contributed by atoms with Crippen LogP contribution in [0.2, 0.25) is 0 Å². The Balaban J connectivity index is 2.45. The van der Waals surface area contributed by atoms with Gasteiger partial charge in [0.25, 0.3) is 0 Å². The number of ether oxygens (including phenoxy) is 2. The Labute approximate surface area is 119 Å². The molecule has 0 heterocycles. The Bertz CT molecular complexity index is 481. The number of rotatable bonds is 5. The highest BCUT2D eigenvalue weighted by molar-refractivity contribution is 5.38. The molecule has 0 bridgehead atoms. The molecule has 3 nitrogen and oxygen atoms in total. The van der Waals surface area contributed by atoms with E-state index in [4.69, 9.17) is 14.6 Å². The van der Waals surface area contributed by atoms with Gasteiger partial charge < -0.3 is 14.6 Å². The second-order valence-corrected chi connectivity index (χ2v) is 5.29. The second kappa shape index (κ2) is 8.01. The van der Waals surface area contributed by atoms with E-state index in [1.807, 2.05) is 20.8 Å². The van der Waals surface area contributed by atoms with E-state index in [0.717, 1.165) is 5.56 Å². The molecule has 4 heteroatoms. The van der Waals surface area contributed by atoms with Crippen molar-refractivity contribution in [3.63, 3.8) is 0 Å². The lowest BCUT2D eigenvalue weighted by Gasteiger charge is -2.19. The first-order chi connectivity index (χ1) is 9.42. The van der Waals surface area contributed by atoms with Crippen LogP contribution in [0.4, 0.5) is 4.39 Å². The first kappa shape index (κ1) is 16.6. The van der Waals surface area contributed by atoms with Gasteiger partial charge in [-0.1, -0.05) is 17.9 Å². The fraction of sp³-hybridized carbons (Fsp3) is 0.500. The van der Waals surface area contributed by atoms with Crippen molar-refractivity contribution in [3.8, 4) is 11.8 Å². The van der Waals surface area contributed by atoms with Crippen LogP contribution < -0.4 is 0 Å². The summed E-state index contributed by atoms with van der Waals surface area (Å²) in [6.07, 6.45) is 0. The van der Waals surface area contributed by atoms with Gasteiger partial charge >= 0.3 is 0 Å². The minimum absolute atomic E-state index is 0.174. The van der Waals surface area contributed by atoms with Crippen LogP contribution in [0.15, 0.2) is 18.2 Å². The zero-order chi connectivity index (χ0) is 15.0. The van der Waals surface area contributed by atoms with Crippen molar-refractivity contribution in [1.82, 2.24) is 0 Å². The summed E-state index contributed by atoms with van der Waals surface area (Å²) < 4.78 is 24.4. The number of hydrogen-bond donors (Lipinski definition) is 1. The summed E-state index contributed by atoms with van der Waals surface area (Å²) in [7, 11) is 0. The van der Waals surface area contributed by atoms with E-state index in [2.05, 4.69) is 11.8 Å². The number of aliphatic hydroxyl groups is 1. The quantitative estimate of drug-likeness (QED) is 0.665. The van der Waals surface area contributed by atoms with Crippen molar-refractivity contribution in [3.05, 3.63) is 35.1 Å². The summed E-state index contributed by atoms with van der Waals surface area (Å²) >= 11 is 0. The SMILES string of the molecule is CC(C)(C)OCCOCc1ccc(F)c(C#CCO)c1. The van der Waals surface area contributed by atoms with Crippen molar-refractivity contribution >= 4 is 0 Å². The molecule has 0 aliphatic heterocycles. The van der Waals surface area contributed by atoms with Crippen molar-refractivity contribution in [1.29, 1.82) is 0 Å². The highest BCUT2D eigenvalue weighted by Crippen LogP contribution is 2.11. The lowest BCUT2D eigenvalue weighted by atomic mass is 10.1. The fourth-order valence-electron chi connectivity index (χ4n) is 1.49. The third kappa shape index (κ3) is 6.67. The third-order valence-electron chi connectivity index (χ3n) is 2.36. The molecule has 0 atom stereocenters. The molecule has 1 aromatic carbocycles. The molecule has 0 fully saturated rings. The van der Waals surface area contributed by atoms with Crippen molar-refractivity contribution in [2.45, 2.75) is 33.0 Å². The van der Waals surface area contributed by atoms with Gasteiger partial charge in [0.15, 0.2) is 0 Å². The Morgan fingerprint density at radius 2 is 2.00 bits per heavy atom. The number of hydrogen-bond acceptors (Lipinski definition) is 3. The molecule has 0 saturated heterocycles. The average Bonchev–Trinajstić information content (AvgIpc) is 2.37. The molecule has 0 aliphatic carbocycles. The summed E-state index contributed by atoms with van der Waals surface area (Å²) in [4.78, 5) is 0. The van der Waals surface area contributed by atoms with E-state index < -0.39 is 5.82 Å². The van der Waals surface area contributed by atoms with Gasteiger partial charge in [-0.15, -0.1) is 0 Å². The first-order valence-electron chi connectivity index (χ1n) is 6.52. The average molecular weight is 280 g/mol. The van der Waals surface area contributed by atoms with Gasteiger partial charge in [0.2, 0.25) is 0 Å². The standard InChI is InChI=1S/C16H21FO3/c1-16(2,3)20-10-9-19-12-13-6-7-15(17)14(11-13)5-4-8-18/h6-7,11,18H,8-10,12H2,1-3H3. The van der Waals surface area contributed by atoms with Crippen LogP contribution in [0.3, 0.4) is 0 Å². The molecule has 0 spiro atoms. The normalized spacial score (nSPS) is 11.1. The third-order valence-corrected chi connectivity index (χ3v) is 2.36. The highest BCUT2D eigenvalue weighted by Gasteiger charge is 2.09. The highest BCUT2D eigenvalue weighted by atomic mass is 19.1. The van der Waals surface area contributed by atoms with E-state index in [-0.39, 0.29) is 17.8 Å². The van der Waals surface area contributed by atoms with E-state index in [9.17, 15) is 4.39 Å². The predicted molar refractivity (Wildman–Crippen MR) is 75.7 cm³/mol. The van der Waals surface area contributed by atoms with Crippen LogP contribution in [0.25, 0.3) is 0 Å². The van der Waals surface area contributed by atoms with E-state index in [0.29, 0.717) is 19.8 Å². The van der Waals surface area contributed by atoms with Crippen LogP contribution in [0.5, 0.6) is 0 Å². The molecule has 0 unspecified atom stereocenters. The van der Waals surface area contributed by atoms with Gasteiger partial charge in [0.05, 0.1) is 31.0 Å². The molecule has 110 valence electrons. The Hall–Kier alpha value is -1.41. The molecule has 1 rings (SSSR count). The molecular formula is C16H21FO3. The van der Waals surface area contributed by atoms with Gasteiger partial charge in [-0.3, -0.25) is 0 Å². The summed E-state index contributed by atoms with van der Waals surface area (Å²) in [5, 5.41) is 8.62. The number of halogens is 1. The van der Waals surface area contributed by atoms with Crippen LogP contribution >= 0.6 is 0 Å². The number of aliphatic hydroxyl groups excluding tert-OH is 1. The molecule has 0 aliphatic rings. The van der Waals surface area contributed by atoms with Gasteiger partial charge in [0, 0.05) is 0 Å². The Morgan fingerprint density at radius 1 is 1.25 bits per heavy atom. The van der Waals surface area contributed by atoms with Crippen molar-refractivity contribution in [2.75, 3.05) is 19.8 Å². The molecule has 1 aromatic rings. The predicted octanol–water partition coefficient (Wildman–Crippen LogP) is 2.50. The zero-order valence-electron chi connectivity index (χ0n) is 12.2. The van der Waals surface area contributed by atoms with Crippen LogP contribution in [-0.4, -0.2) is 30.5 Å². The molecular weight excluding hydrogens is 259 g/mol. The molecule has 0 saturated carbocycles. The zero-order valence-corrected chi connectivity index (χ0v) is 12.2. The fourth-order valence-corrected chi connectivity index (χ4v) is 1.49. The summed E-state index contributed by atoms with van der Waals surface area (Å²) in [5.74, 6) is 4.60. The smallest absolute Gasteiger partial charge is 0.138 e. The van der Waals surface area contributed by atoms with Crippen LogP contribution in [-0.2, 0) is 16.1 Å². The first-order valence-corrected chi connectivity index (χ1v) is 6.52. The van der Waals surface area contributed by atoms with Gasteiger partial charge in [-0.25, -0.2) is 4.39 Å². The van der Waals surface area contributed by atoms with Gasteiger partial charge in [0.1, 0.15) is 12.4 Å². The molecule has 20 heavy (non-hydrogen) atoms. The van der Waals surface area contributed by atoms with E-state index in [1.54, 1.807) is 12.1 Å². The topological polar surface area (TPSA) is 38.7 Å². The maximum atomic E-state index is 13.4. The Morgan fingerprint density at radius 3 is 2.65 bits per heavy atom. The largest absolute Gasteiger partial charge is 0.384 e. The minimum atomic E-state index is -0.397.